The first-order valence-corrected chi connectivity index (χ1v) is 8.71. The molecular weight excluding hydrogens is 319 g/mol. The van der Waals surface area contributed by atoms with Crippen molar-refractivity contribution < 1.29 is 9.18 Å². The number of nitrogens with zero attached hydrogens (tertiary/aromatic N) is 2. The largest absolute Gasteiger partial charge is 0.351 e. The summed E-state index contributed by atoms with van der Waals surface area (Å²) in [4.78, 5) is 12.7. The summed E-state index contributed by atoms with van der Waals surface area (Å²) in [6.07, 6.45) is 2.11. The monoisotopic (exact) mass is 344 g/mol. The van der Waals surface area contributed by atoms with Crippen LogP contribution in [0, 0.1) is 25.1 Å². The molecule has 134 valence electrons. The van der Waals surface area contributed by atoms with E-state index in [4.69, 9.17) is 0 Å². The van der Waals surface area contributed by atoms with E-state index in [0.717, 1.165) is 37.3 Å². The van der Waals surface area contributed by atoms with E-state index in [0.29, 0.717) is 17.8 Å². The van der Waals surface area contributed by atoms with Crippen LogP contribution >= 0.6 is 0 Å². The average Bonchev–Trinajstić information content (AvgIpc) is 2.89. The third-order valence-corrected chi connectivity index (χ3v) is 5.08. The predicted octanol–water partition coefficient (Wildman–Crippen LogP) is 2.75. The predicted molar refractivity (Wildman–Crippen MR) is 95.5 cm³/mol. The Balaban J connectivity index is 1.78. The Kier molecular flexibility index (Phi) is 4.90. The van der Waals surface area contributed by atoms with Crippen LogP contribution in [0.5, 0.6) is 0 Å². The Hall–Kier alpha value is -2.21. The molecule has 0 bridgehead atoms. The van der Waals surface area contributed by atoms with Gasteiger partial charge >= 0.3 is 0 Å². The first-order chi connectivity index (χ1) is 11.9. The Morgan fingerprint density at radius 3 is 2.56 bits per heavy atom. The lowest BCUT2D eigenvalue weighted by molar-refractivity contribution is 0.0921. The number of amides is 1. The highest BCUT2D eigenvalue weighted by molar-refractivity contribution is 5.96. The standard InChI is InChI=1S/C19H25FN4O/c1-13-17(18(25)22-12-19(3)8-10-21-11-9-19)14(2)24(23-13)16-6-4-15(20)5-7-16/h4-7,21H,8-12H2,1-3H3,(H,22,25). The van der Waals surface area contributed by atoms with Gasteiger partial charge in [-0.25, -0.2) is 9.07 Å². The molecule has 1 amide bonds. The number of hydrogen-bond acceptors (Lipinski definition) is 3. The lowest BCUT2D eigenvalue weighted by Gasteiger charge is -2.34. The minimum Gasteiger partial charge on any atom is -0.351 e. The molecule has 1 fully saturated rings. The van der Waals surface area contributed by atoms with Gasteiger partial charge in [0, 0.05) is 6.54 Å². The van der Waals surface area contributed by atoms with Crippen molar-refractivity contribution in [3.05, 3.63) is 47.0 Å². The number of hydrogen-bond donors (Lipinski definition) is 2. The Morgan fingerprint density at radius 2 is 1.92 bits per heavy atom. The number of nitrogens with one attached hydrogen (secondary N) is 2. The maximum Gasteiger partial charge on any atom is 0.255 e. The first kappa shape index (κ1) is 17.6. The minimum atomic E-state index is -0.293. The van der Waals surface area contributed by atoms with E-state index in [2.05, 4.69) is 22.7 Å². The Labute approximate surface area is 147 Å². The quantitative estimate of drug-likeness (QED) is 0.897. The summed E-state index contributed by atoms with van der Waals surface area (Å²) in [7, 11) is 0. The van der Waals surface area contributed by atoms with Crippen molar-refractivity contribution in [3.8, 4) is 5.69 Å². The number of rotatable bonds is 4. The molecule has 0 spiro atoms. The van der Waals surface area contributed by atoms with Gasteiger partial charge in [-0.05, 0) is 69.5 Å². The molecule has 5 nitrogen and oxygen atoms in total. The zero-order valence-corrected chi connectivity index (χ0v) is 15.0. The number of aromatic nitrogens is 2. The molecular formula is C19H25FN4O. The number of aryl methyl sites for hydroxylation is 1. The first-order valence-electron chi connectivity index (χ1n) is 8.71. The average molecular weight is 344 g/mol. The van der Waals surface area contributed by atoms with Gasteiger partial charge in [-0.15, -0.1) is 0 Å². The van der Waals surface area contributed by atoms with Gasteiger partial charge in [0.1, 0.15) is 5.82 Å². The van der Waals surface area contributed by atoms with E-state index < -0.39 is 0 Å². The number of carbonyl (C=O) groups excluding carboxylic acids is 1. The second-order valence-electron chi connectivity index (χ2n) is 7.18. The zero-order valence-electron chi connectivity index (χ0n) is 15.0. The van der Waals surface area contributed by atoms with Crippen LogP contribution in [0.15, 0.2) is 24.3 Å². The summed E-state index contributed by atoms with van der Waals surface area (Å²) in [5, 5.41) is 10.9. The number of benzene rings is 1. The highest BCUT2D eigenvalue weighted by Gasteiger charge is 2.28. The lowest BCUT2D eigenvalue weighted by Crippen LogP contribution is -2.43. The maximum atomic E-state index is 13.1. The van der Waals surface area contributed by atoms with E-state index in [1.54, 1.807) is 16.8 Å². The second kappa shape index (κ2) is 6.96. The van der Waals surface area contributed by atoms with Crippen LogP contribution in [-0.4, -0.2) is 35.3 Å². The molecule has 1 aliphatic heterocycles. The summed E-state index contributed by atoms with van der Waals surface area (Å²) in [6.45, 7) is 8.56. The van der Waals surface area contributed by atoms with Crippen LogP contribution in [0.4, 0.5) is 4.39 Å². The van der Waals surface area contributed by atoms with Gasteiger partial charge in [-0.3, -0.25) is 4.79 Å². The molecule has 2 N–H and O–H groups in total. The van der Waals surface area contributed by atoms with Gasteiger partial charge in [0.05, 0.1) is 22.6 Å². The third-order valence-electron chi connectivity index (χ3n) is 5.08. The minimum absolute atomic E-state index is 0.0943. The van der Waals surface area contributed by atoms with Crippen molar-refractivity contribution in [1.82, 2.24) is 20.4 Å². The number of piperidine rings is 1. The van der Waals surface area contributed by atoms with Crippen molar-refractivity contribution in [3.63, 3.8) is 0 Å². The van der Waals surface area contributed by atoms with Crippen LogP contribution in [0.25, 0.3) is 5.69 Å². The molecule has 0 radical (unpaired) electrons. The SMILES string of the molecule is Cc1nn(-c2ccc(F)cc2)c(C)c1C(=O)NCC1(C)CCNCC1. The molecule has 1 aliphatic rings. The normalized spacial score (nSPS) is 16.6. The van der Waals surface area contributed by atoms with Crippen molar-refractivity contribution in [2.24, 2.45) is 5.41 Å². The molecule has 0 unspecified atom stereocenters. The summed E-state index contributed by atoms with van der Waals surface area (Å²) in [5.41, 5.74) is 2.91. The fraction of sp³-hybridized carbons (Fsp3) is 0.474. The molecule has 25 heavy (non-hydrogen) atoms. The number of carbonyl (C=O) groups is 1. The van der Waals surface area contributed by atoms with Gasteiger partial charge in [-0.1, -0.05) is 6.92 Å². The second-order valence-corrected chi connectivity index (χ2v) is 7.18. The van der Waals surface area contributed by atoms with Crippen LogP contribution in [0.1, 0.15) is 41.5 Å². The fourth-order valence-corrected chi connectivity index (χ4v) is 3.39. The van der Waals surface area contributed by atoms with E-state index in [-0.39, 0.29) is 17.1 Å². The molecule has 0 aliphatic carbocycles. The highest BCUT2D eigenvalue weighted by Crippen LogP contribution is 2.27. The Bertz CT molecular complexity index is 760. The number of halogens is 1. The maximum absolute atomic E-state index is 13.1. The van der Waals surface area contributed by atoms with E-state index in [9.17, 15) is 9.18 Å². The summed E-state index contributed by atoms with van der Waals surface area (Å²) in [5.74, 6) is -0.387. The molecule has 2 aromatic rings. The van der Waals surface area contributed by atoms with Gasteiger partial charge in [0.25, 0.3) is 5.91 Å². The van der Waals surface area contributed by atoms with Crippen LogP contribution in [0.3, 0.4) is 0 Å². The van der Waals surface area contributed by atoms with Crippen molar-refractivity contribution in [2.45, 2.75) is 33.6 Å². The van der Waals surface area contributed by atoms with Gasteiger partial charge in [0.2, 0.25) is 0 Å². The van der Waals surface area contributed by atoms with Crippen LogP contribution in [-0.2, 0) is 0 Å². The molecule has 1 aromatic heterocycles. The van der Waals surface area contributed by atoms with E-state index >= 15 is 0 Å². The zero-order chi connectivity index (χ0) is 18.0. The van der Waals surface area contributed by atoms with Crippen LogP contribution < -0.4 is 10.6 Å². The third kappa shape index (κ3) is 3.74. The van der Waals surface area contributed by atoms with Gasteiger partial charge in [-0.2, -0.15) is 5.10 Å². The van der Waals surface area contributed by atoms with Crippen LogP contribution in [0.2, 0.25) is 0 Å². The van der Waals surface area contributed by atoms with E-state index in [1.165, 1.54) is 12.1 Å². The molecule has 1 saturated heterocycles. The highest BCUT2D eigenvalue weighted by atomic mass is 19.1. The smallest absolute Gasteiger partial charge is 0.255 e. The molecule has 0 atom stereocenters. The molecule has 6 heteroatoms. The topological polar surface area (TPSA) is 59.0 Å². The summed E-state index contributed by atoms with van der Waals surface area (Å²) < 4.78 is 14.8. The summed E-state index contributed by atoms with van der Waals surface area (Å²) >= 11 is 0. The van der Waals surface area contributed by atoms with Crippen molar-refractivity contribution in [1.29, 1.82) is 0 Å². The molecule has 3 rings (SSSR count). The van der Waals surface area contributed by atoms with Crippen molar-refractivity contribution >= 4 is 5.91 Å². The fourth-order valence-electron chi connectivity index (χ4n) is 3.39. The molecule has 1 aromatic carbocycles. The lowest BCUT2D eigenvalue weighted by atomic mass is 9.81. The molecule has 2 heterocycles. The summed E-state index contributed by atoms with van der Waals surface area (Å²) in [6, 6.07) is 6.10. The van der Waals surface area contributed by atoms with Gasteiger partial charge < -0.3 is 10.6 Å². The van der Waals surface area contributed by atoms with Gasteiger partial charge in [0.15, 0.2) is 0 Å². The van der Waals surface area contributed by atoms with Crippen molar-refractivity contribution in [2.75, 3.05) is 19.6 Å². The molecule has 0 saturated carbocycles. The van der Waals surface area contributed by atoms with E-state index in [1.807, 2.05) is 13.8 Å². The Morgan fingerprint density at radius 1 is 1.28 bits per heavy atom.